The monoisotopic (exact) mass is 533 g/mol. The van der Waals surface area contributed by atoms with Gasteiger partial charge in [-0.3, -0.25) is 5.01 Å². The van der Waals surface area contributed by atoms with Gasteiger partial charge in [0.25, 0.3) is 0 Å². The van der Waals surface area contributed by atoms with Crippen molar-refractivity contribution in [1.29, 1.82) is 0 Å². The van der Waals surface area contributed by atoms with Crippen molar-refractivity contribution < 1.29 is 4.57 Å². The van der Waals surface area contributed by atoms with E-state index >= 15 is 0 Å². The number of anilines is 1. The highest BCUT2D eigenvalue weighted by molar-refractivity contribution is 6.01. The molecule has 0 atom stereocenters. The lowest BCUT2D eigenvalue weighted by atomic mass is 9.96. The Morgan fingerprint density at radius 1 is 0.800 bits per heavy atom. The van der Waals surface area contributed by atoms with Gasteiger partial charge in [-0.25, -0.2) is 14.1 Å². The van der Waals surface area contributed by atoms with Gasteiger partial charge in [0.05, 0.1) is 31.3 Å². The molecule has 0 N–H and O–H groups in total. The van der Waals surface area contributed by atoms with Gasteiger partial charge in [0.15, 0.2) is 0 Å². The van der Waals surface area contributed by atoms with Crippen LogP contribution in [0.25, 0.3) is 10.8 Å². The summed E-state index contributed by atoms with van der Waals surface area (Å²) in [5.74, 6) is 0. The molecule has 0 bridgehead atoms. The van der Waals surface area contributed by atoms with Gasteiger partial charge < -0.3 is 4.57 Å². The standard InChI is InChI=1S/C34H41N6/c1-37(32-14-6-4-7-15-32)36-27-31-19-18-30(33-16-8-9-17-34(31)33)13-5-2-3-10-22-39-25-26-40(29-39)23-12-11-21-38-24-20-35-28-38/h4,6-9,14-20,24-29H,2-3,5,10-13,21-23H2,1H3/q+1/b36-27+. The third-order valence-corrected chi connectivity index (χ3v) is 7.55. The van der Waals surface area contributed by atoms with Crippen LogP contribution in [0.4, 0.5) is 5.69 Å². The zero-order valence-electron chi connectivity index (χ0n) is 23.6. The van der Waals surface area contributed by atoms with Crippen molar-refractivity contribution in [1.82, 2.24) is 14.1 Å². The Morgan fingerprint density at radius 2 is 1.57 bits per heavy atom. The minimum Gasteiger partial charge on any atom is -0.337 e. The Bertz CT molecular complexity index is 1470. The van der Waals surface area contributed by atoms with Crippen LogP contribution in [-0.4, -0.2) is 27.4 Å². The van der Waals surface area contributed by atoms with E-state index < -0.39 is 0 Å². The Morgan fingerprint density at radius 3 is 2.42 bits per heavy atom. The molecular weight excluding hydrogens is 492 g/mol. The van der Waals surface area contributed by atoms with Crippen LogP contribution in [0.5, 0.6) is 0 Å². The topological polar surface area (TPSA) is 42.2 Å². The number of unbranched alkanes of at least 4 members (excludes halogenated alkanes) is 4. The molecule has 40 heavy (non-hydrogen) atoms. The van der Waals surface area contributed by atoms with Crippen LogP contribution in [0.1, 0.15) is 49.7 Å². The summed E-state index contributed by atoms with van der Waals surface area (Å²) in [6, 6.07) is 23.5. The number of aryl methyl sites for hydroxylation is 4. The first kappa shape index (κ1) is 27.4. The van der Waals surface area contributed by atoms with Crippen LogP contribution in [0.2, 0.25) is 0 Å². The number of nitrogens with zero attached hydrogens (tertiary/aromatic N) is 6. The zero-order valence-corrected chi connectivity index (χ0v) is 23.6. The van der Waals surface area contributed by atoms with Crippen molar-refractivity contribution in [2.24, 2.45) is 5.10 Å². The highest BCUT2D eigenvalue weighted by Gasteiger charge is 2.07. The predicted octanol–water partition coefficient (Wildman–Crippen LogP) is 6.88. The SMILES string of the molecule is CN(/N=C/c1ccc(CCCCCCn2cc[n+](CCCCn3ccnc3)c2)c2ccccc12)c1ccccc1. The first-order chi connectivity index (χ1) is 19.8. The van der Waals surface area contributed by atoms with E-state index in [1.165, 1.54) is 54.9 Å². The third kappa shape index (κ3) is 7.69. The van der Waals surface area contributed by atoms with Gasteiger partial charge in [-0.1, -0.05) is 61.0 Å². The second-order valence-corrected chi connectivity index (χ2v) is 10.5. The smallest absolute Gasteiger partial charge is 0.243 e. The van der Waals surface area contributed by atoms with Gasteiger partial charge in [-0.2, -0.15) is 5.10 Å². The van der Waals surface area contributed by atoms with E-state index in [4.69, 9.17) is 5.10 Å². The molecule has 0 saturated carbocycles. The minimum absolute atomic E-state index is 1.04. The van der Waals surface area contributed by atoms with Crippen LogP contribution in [0.3, 0.4) is 0 Å². The fourth-order valence-corrected chi connectivity index (χ4v) is 5.25. The normalized spacial score (nSPS) is 11.5. The molecule has 3 aromatic carbocycles. The summed E-state index contributed by atoms with van der Waals surface area (Å²) in [5, 5.41) is 9.23. The van der Waals surface area contributed by atoms with Gasteiger partial charge >= 0.3 is 0 Å². The van der Waals surface area contributed by atoms with Crippen LogP contribution < -0.4 is 9.58 Å². The number of imidazole rings is 2. The zero-order chi connectivity index (χ0) is 27.4. The number of hydrogen-bond donors (Lipinski definition) is 0. The number of para-hydroxylation sites is 1. The molecule has 206 valence electrons. The lowest BCUT2D eigenvalue weighted by Crippen LogP contribution is -2.31. The number of fused-ring (bicyclic) bond motifs is 1. The highest BCUT2D eigenvalue weighted by Crippen LogP contribution is 2.24. The Labute approximate surface area is 238 Å². The second-order valence-electron chi connectivity index (χ2n) is 10.5. The Balaban J connectivity index is 1.04. The fourth-order valence-electron chi connectivity index (χ4n) is 5.25. The van der Waals surface area contributed by atoms with Crippen LogP contribution in [0.15, 0.2) is 109 Å². The largest absolute Gasteiger partial charge is 0.337 e. The molecule has 0 aliphatic heterocycles. The number of hydrazone groups is 1. The summed E-state index contributed by atoms with van der Waals surface area (Å²) in [7, 11) is 1.99. The molecule has 5 rings (SSSR count). The minimum atomic E-state index is 1.04. The molecule has 6 nitrogen and oxygen atoms in total. The fraction of sp³-hybridized carbons (Fsp3) is 0.324. The molecule has 0 aliphatic carbocycles. The van der Waals surface area contributed by atoms with Gasteiger partial charge in [0, 0.05) is 31.5 Å². The molecule has 6 heteroatoms. The Hall–Kier alpha value is -4.19. The molecule has 0 unspecified atom stereocenters. The third-order valence-electron chi connectivity index (χ3n) is 7.55. The number of rotatable bonds is 15. The maximum Gasteiger partial charge on any atom is 0.243 e. The van der Waals surface area contributed by atoms with E-state index in [1.54, 1.807) is 0 Å². The summed E-state index contributed by atoms with van der Waals surface area (Å²) < 4.78 is 6.79. The molecule has 0 fully saturated rings. The van der Waals surface area contributed by atoms with Gasteiger partial charge in [-0.15, -0.1) is 0 Å². The van der Waals surface area contributed by atoms with E-state index in [1.807, 2.05) is 55.2 Å². The van der Waals surface area contributed by atoms with Crippen LogP contribution >= 0.6 is 0 Å². The van der Waals surface area contributed by atoms with E-state index in [-0.39, 0.29) is 0 Å². The van der Waals surface area contributed by atoms with E-state index in [2.05, 4.69) is 85.9 Å². The summed E-state index contributed by atoms with van der Waals surface area (Å²) in [6.45, 7) is 3.21. The van der Waals surface area contributed by atoms with Crippen LogP contribution in [0, 0.1) is 0 Å². The number of aromatic nitrogens is 4. The van der Waals surface area contributed by atoms with Crippen molar-refractivity contribution in [2.45, 2.75) is 64.6 Å². The lowest BCUT2D eigenvalue weighted by Gasteiger charge is -2.13. The lowest BCUT2D eigenvalue weighted by molar-refractivity contribution is -0.696. The number of hydrogen-bond acceptors (Lipinski definition) is 3. The summed E-state index contributed by atoms with van der Waals surface area (Å²) in [6.07, 6.45) is 22.9. The quantitative estimate of drug-likeness (QED) is 0.0637. The molecule has 0 radical (unpaired) electrons. The van der Waals surface area contributed by atoms with Crippen molar-refractivity contribution in [3.8, 4) is 0 Å². The molecule has 0 spiro atoms. The van der Waals surface area contributed by atoms with Gasteiger partial charge in [0.2, 0.25) is 6.33 Å². The van der Waals surface area contributed by atoms with Gasteiger partial charge in [-0.05, 0) is 67.0 Å². The summed E-state index contributed by atoms with van der Waals surface area (Å²) >= 11 is 0. The molecule has 2 heterocycles. The van der Waals surface area contributed by atoms with E-state index in [9.17, 15) is 0 Å². The highest BCUT2D eigenvalue weighted by atomic mass is 15.4. The average molecular weight is 534 g/mol. The number of benzene rings is 3. The van der Waals surface area contributed by atoms with Crippen LogP contribution in [-0.2, 0) is 26.1 Å². The summed E-state index contributed by atoms with van der Waals surface area (Å²) in [5.41, 5.74) is 3.67. The molecular formula is C34H41N6+. The molecule has 2 aromatic heterocycles. The van der Waals surface area contributed by atoms with E-state index in [0.29, 0.717) is 0 Å². The first-order valence-corrected chi connectivity index (χ1v) is 14.6. The van der Waals surface area contributed by atoms with E-state index in [0.717, 1.165) is 37.3 Å². The first-order valence-electron chi connectivity index (χ1n) is 14.6. The van der Waals surface area contributed by atoms with Crippen molar-refractivity contribution in [2.75, 3.05) is 12.1 Å². The average Bonchev–Trinajstić information content (AvgIpc) is 3.69. The molecule has 0 aliphatic rings. The predicted molar refractivity (Wildman–Crippen MR) is 165 cm³/mol. The maximum absolute atomic E-state index is 4.70. The Kier molecular flexibility index (Phi) is 9.77. The molecule has 5 aromatic rings. The molecule has 0 amide bonds. The van der Waals surface area contributed by atoms with Crippen molar-refractivity contribution in [3.05, 3.63) is 115 Å². The second kappa shape index (κ2) is 14.3. The molecule has 0 saturated heterocycles. The van der Waals surface area contributed by atoms with Crippen molar-refractivity contribution in [3.63, 3.8) is 0 Å². The maximum atomic E-state index is 4.70. The summed E-state index contributed by atoms with van der Waals surface area (Å²) in [4.78, 5) is 4.11. The van der Waals surface area contributed by atoms with Gasteiger partial charge in [0.1, 0.15) is 12.4 Å². The van der Waals surface area contributed by atoms with Crippen molar-refractivity contribution >= 4 is 22.7 Å².